The summed E-state index contributed by atoms with van der Waals surface area (Å²) in [5.74, 6) is 0.262. The van der Waals surface area contributed by atoms with E-state index in [0.29, 0.717) is 6.04 Å². The molecular formula is C20H26N4O. The third-order valence-electron chi connectivity index (χ3n) is 5.51. The molecule has 2 aliphatic rings. The van der Waals surface area contributed by atoms with Gasteiger partial charge in [0.15, 0.2) is 0 Å². The average molecular weight is 338 g/mol. The molecule has 3 heterocycles. The zero-order valence-electron chi connectivity index (χ0n) is 14.6. The summed E-state index contributed by atoms with van der Waals surface area (Å²) in [5.41, 5.74) is 1.12. The highest BCUT2D eigenvalue weighted by molar-refractivity contribution is 5.83. The first-order valence-corrected chi connectivity index (χ1v) is 9.38. The van der Waals surface area contributed by atoms with Gasteiger partial charge in [0.05, 0.1) is 12.4 Å². The number of carbonyl (C=O) groups is 1. The summed E-state index contributed by atoms with van der Waals surface area (Å²) in [4.78, 5) is 22.1. The zero-order valence-corrected chi connectivity index (χ0v) is 14.6. The van der Waals surface area contributed by atoms with Gasteiger partial charge in [-0.05, 0) is 44.3 Å². The predicted octanol–water partition coefficient (Wildman–Crippen LogP) is 2.88. The number of hydrogen-bond donors (Lipinski definition) is 0. The van der Waals surface area contributed by atoms with Gasteiger partial charge in [0.1, 0.15) is 6.04 Å². The molecule has 2 fully saturated rings. The van der Waals surface area contributed by atoms with E-state index in [1.54, 1.807) is 0 Å². The molecule has 0 spiro atoms. The first kappa shape index (κ1) is 16.3. The van der Waals surface area contributed by atoms with Crippen LogP contribution in [0.2, 0.25) is 0 Å². The lowest BCUT2D eigenvalue weighted by molar-refractivity contribution is -0.138. The van der Waals surface area contributed by atoms with Crippen LogP contribution in [0, 0.1) is 0 Å². The van der Waals surface area contributed by atoms with Crippen molar-refractivity contribution in [3.63, 3.8) is 0 Å². The highest BCUT2D eigenvalue weighted by Crippen LogP contribution is 2.30. The zero-order chi connectivity index (χ0) is 17.1. The third kappa shape index (κ3) is 3.47. The maximum absolute atomic E-state index is 13.5. The number of carbonyl (C=O) groups excluding carboxylic acids is 1. The fourth-order valence-electron chi connectivity index (χ4n) is 4.20. The fourth-order valence-corrected chi connectivity index (χ4v) is 4.20. The maximum Gasteiger partial charge on any atom is 0.244 e. The largest absolute Gasteiger partial charge is 0.339 e. The van der Waals surface area contributed by atoms with Crippen LogP contribution in [-0.4, -0.2) is 51.4 Å². The van der Waals surface area contributed by atoms with E-state index in [9.17, 15) is 4.79 Å². The number of nitrogens with zero attached hydrogens (tertiary/aromatic N) is 4. The van der Waals surface area contributed by atoms with Crippen LogP contribution in [-0.2, 0) is 4.79 Å². The predicted molar refractivity (Wildman–Crippen MR) is 97.1 cm³/mol. The van der Waals surface area contributed by atoms with Crippen molar-refractivity contribution < 1.29 is 4.79 Å². The molecule has 132 valence electrons. The van der Waals surface area contributed by atoms with E-state index in [1.807, 2.05) is 36.9 Å². The van der Waals surface area contributed by atoms with E-state index in [-0.39, 0.29) is 11.9 Å². The van der Waals surface area contributed by atoms with Crippen molar-refractivity contribution in [3.8, 4) is 0 Å². The lowest BCUT2D eigenvalue weighted by Crippen LogP contribution is -2.46. The molecule has 5 heteroatoms. The lowest BCUT2D eigenvalue weighted by Gasteiger charge is -2.37. The number of hydrogen-bond acceptors (Lipinski definition) is 3. The van der Waals surface area contributed by atoms with Crippen molar-refractivity contribution >= 4 is 5.91 Å². The number of aromatic nitrogens is 2. The van der Waals surface area contributed by atoms with E-state index in [1.165, 1.54) is 12.8 Å². The van der Waals surface area contributed by atoms with Crippen molar-refractivity contribution in [1.29, 1.82) is 0 Å². The summed E-state index contributed by atoms with van der Waals surface area (Å²) in [6, 6.07) is 10.5. The van der Waals surface area contributed by atoms with E-state index < -0.39 is 0 Å². The van der Waals surface area contributed by atoms with Gasteiger partial charge >= 0.3 is 0 Å². The summed E-state index contributed by atoms with van der Waals surface area (Å²) in [7, 11) is 0. The topological polar surface area (TPSA) is 41.4 Å². The van der Waals surface area contributed by atoms with Gasteiger partial charge in [0.2, 0.25) is 5.91 Å². The number of imidazole rings is 1. The van der Waals surface area contributed by atoms with Crippen LogP contribution in [0.3, 0.4) is 0 Å². The van der Waals surface area contributed by atoms with Crippen LogP contribution in [0.25, 0.3) is 0 Å². The summed E-state index contributed by atoms with van der Waals surface area (Å²) in [6.45, 7) is 3.68. The minimum absolute atomic E-state index is 0.134. The number of likely N-dealkylation sites (tertiary alicyclic amines) is 2. The van der Waals surface area contributed by atoms with Gasteiger partial charge in [-0.2, -0.15) is 0 Å². The van der Waals surface area contributed by atoms with Crippen LogP contribution in [0.5, 0.6) is 0 Å². The van der Waals surface area contributed by atoms with Gasteiger partial charge in [0, 0.05) is 25.5 Å². The van der Waals surface area contributed by atoms with Crippen molar-refractivity contribution in [1.82, 2.24) is 19.4 Å². The van der Waals surface area contributed by atoms with Gasteiger partial charge in [-0.15, -0.1) is 0 Å². The Kier molecular flexibility index (Phi) is 4.83. The summed E-state index contributed by atoms with van der Waals surface area (Å²) in [5, 5.41) is 0. The first-order chi connectivity index (χ1) is 12.3. The molecule has 2 atom stereocenters. The van der Waals surface area contributed by atoms with Crippen molar-refractivity contribution in [2.24, 2.45) is 0 Å². The molecule has 25 heavy (non-hydrogen) atoms. The molecule has 2 saturated heterocycles. The Labute approximate surface area is 149 Å². The molecule has 2 unspecified atom stereocenters. The van der Waals surface area contributed by atoms with Crippen LogP contribution in [0.1, 0.15) is 43.3 Å². The normalized spacial score (nSPS) is 22.9. The number of benzene rings is 1. The Morgan fingerprint density at radius 2 is 1.88 bits per heavy atom. The van der Waals surface area contributed by atoms with Crippen LogP contribution >= 0.6 is 0 Å². The summed E-state index contributed by atoms with van der Waals surface area (Å²) < 4.78 is 2.15. The smallest absolute Gasteiger partial charge is 0.244 e. The summed E-state index contributed by atoms with van der Waals surface area (Å²) in [6.07, 6.45) is 10.2. The quantitative estimate of drug-likeness (QED) is 0.861. The molecule has 0 bridgehead atoms. The molecule has 4 rings (SSSR count). The standard InChI is InChI=1S/C20H26N4O/c25-20(23-13-6-9-18(15-23)24-14-10-21-16-24)19(22-11-4-5-12-22)17-7-2-1-3-8-17/h1-3,7-8,10,14,16,18-19H,4-6,9,11-13,15H2. The Hall–Kier alpha value is -2.14. The maximum atomic E-state index is 13.5. The molecule has 2 aromatic rings. The van der Waals surface area contributed by atoms with Crippen molar-refractivity contribution in [2.45, 2.75) is 37.8 Å². The van der Waals surface area contributed by atoms with Gasteiger partial charge < -0.3 is 9.47 Å². The molecular weight excluding hydrogens is 312 g/mol. The third-order valence-corrected chi connectivity index (χ3v) is 5.51. The summed E-state index contributed by atoms with van der Waals surface area (Å²) >= 11 is 0. The highest BCUT2D eigenvalue weighted by Gasteiger charge is 2.35. The van der Waals surface area contributed by atoms with Gasteiger partial charge in [-0.3, -0.25) is 9.69 Å². The molecule has 0 saturated carbocycles. The Balaban J connectivity index is 1.55. The molecule has 0 N–H and O–H groups in total. The fraction of sp³-hybridized carbons (Fsp3) is 0.500. The Morgan fingerprint density at radius 3 is 2.60 bits per heavy atom. The SMILES string of the molecule is O=C(C(c1ccccc1)N1CCCC1)N1CCCC(n2ccnc2)C1. The molecule has 5 nitrogen and oxygen atoms in total. The van der Waals surface area contributed by atoms with Crippen LogP contribution in [0.15, 0.2) is 49.1 Å². The second-order valence-electron chi connectivity index (χ2n) is 7.15. The number of rotatable bonds is 4. The minimum atomic E-state index is -0.134. The lowest BCUT2D eigenvalue weighted by atomic mass is 10.0. The Bertz CT molecular complexity index is 679. The molecule has 0 radical (unpaired) electrons. The van der Waals surface area contributed by atoms with Crippen molar-refractivity contribution in [3.05, 3.63) is 54.6 Å². The number of piperidine rings is 1. The molecule has 1 aromatic carbocycles. The van der Waals surface area contributed by atoms with Gasteiger partial charge in [0.25, 0.3) is 0 Å². The van der Waals surface area contributed by atoms with E-state index in [4.69, 9.17) is 0 Å². The van der Waals surface area contributed by atoms with E-state index in [0.717, 1.165) is 44.6 Å². The van der Waals surface area contributed by atoms with Crippen LogP contribution < -0.4 is 0 Å². The molecule has 1 aromatic heterocycles. The van der Waals surface area contributed by atoms with Gasteiger partial charge in [-0.25, -0.2) is 4.98 Å². The molecule has 0 aliphatic carbocycles. The second-order valence-corrected chi connectivity index (χ2v) is 7.15. The second kappa shape index (κ2) is 7.40. The van der Waals surface area contributed by atoms with Crippen LogP contribution in [0.4, 0.5) is 0 Å². The van der Waals surface area contributed by atoms with E-state index in [2.05, 4.69) is 31.5 Å². The van der Waals surface area contributed by atoms with E-state index >= 15 is 0 Å². The Morgan fingerprint density at radius 1 is 1.08 bits per heavy atom. The monoisotopic (exact) mass is 338 g/mol. The number of amides is 1. The highest BCUT2D eigenvalue weighted by atomic mass is 16.2. The van der Waals surface area contributed by atoms with Crippen molar-refractivity contribution in [2.75, 3.05) is 26.2 Å². The average Bonchev–Trinajstić information content (AvgIpc) is 3.37. The first-order valence-electron chi connectivity index (χ1n) is 9.38. The minimum Gasteiger partial charge on any atom is -0.339 e. The van der Waals surface area contributed by atoms with Gasteiger partial charge in [-0.1, -0.05) is 30.3 Å². The molecule has 1 amide bonds. The molecule has 2 aliphatic heterocycles.